The van der Waals surface area contributed by atoms with Gasteiger partial charge in [-0.3, -0.25) is 0 Å². The van der Waals surface area contributed by atoms with Gasteiger partial charge in [0.25, 0.3) is 0 Å². The zero-order chi connectivity index (χ0) is 9.26. The second kappa shape index (κ2) is 3.21. The fourth-order valence-corrected chi connectivity index (χ4v) is 1.62. The first-order chi connectivity index (χ1) is 6.27. The minimum Gasteiger partial charge on any atom is -0.366 e. The van der Waals surface area contributed by atoms with Crippen LogP contribution in [0.5, 0.6) is 0 Å². The van der Waals surface area contributed by atoms with Crippen LogP contribution >= 0.6 is 0 Å². The summed E-state index contributed by atoms with van der Waals surface area (Å²) in [7, 11) is 0. The minimum atomic E-state index is 0.279. The predicted molar refractivity (Wildman–Crippen MR) is 49.3 cm³/mol. The van der Waals surface area contributed by atoms with Crippen molar-refractivity contribution in [1.82, 2.24) is 20.2 Å². The third-order valence-corrected chi connectivity index (χ3v) is 2.43. The first-order valence-electron chi connectivity index (χ1n) is 4.43. The fourth-order valence-electron chi connectivity index (χ4n) is 1.62. The van der Waals surface area contributed by atoms with Crippen LogP contribution in [0.1, 0.15) is 12.2 Å². The van der Waals surface area contributed by atoms with Crippen LogP contribution in [0.15, 0.2) is 0 Å². The summed E-state index contributed by atoms with van der Waals surface area (Å²) in [4.78, 5) is 0. The molecular formula is C7H14N6. The molecule has 0 saturated carbocycles. The Morgan fingerprint density at radius 3 is 2.92 bits per heavy atom. The number of aromatic nitrogens is 3. The van der Waals surface area contributed by atoms with Crippen molar-refractivity contribution in [3.8, 4) is 0 Å². The molecule has 5 N–H and O–H groups in total. The van der Waals surface area contributed by atoms with Crippen molar-refractivity contribution in [3.63, 3.8) is 0 Å². The Morgan fingerprint density at radius 2 is 2.38 bits per heavy atom. The second-order valence-corrected chi connectivity index (χ2v) is 3.41. The Kier molecular flexibility index (Phi) is 2.05. The Balaban J connectivity index is 2.04. The third kappa shape index (κ3) is 1.57. The summed E-state index contributed by atoms with van der Waals surface area (Å²) in [6, 6.07) is 0. The molecule has 1 aromatic rings. The quantitative estimate of drug-likeness (QED) is 0.495. The van der Waals surface area contributed by atoms with Gasteiger partial charge < -0.3 is 16.9 Å². The van der Waals surface area contributed by atoms with Crippen LogP contribution in [0.3, 0.4) is 0 Å². The Bertz CT molecular complexity index is 287. The summed E-state index contributed by atoms with van der Waals surface area (Å²) in [5.74, 6) is 7.29. The molecular weight excluding hydrogens is 168 g/mol. The highest BCUT2D eigenvalue weighted by Gasteiger charge is 2.18. The molecule has 0 aromatic carbocycles. The minimum absolute atomic E-state index is 0.279. The summed E-state index contributed by atoms with van der Waals surface area (Å²) >= 11 is 0. The van der Waals surface area contributed by atoms with E-state index in [1.165, 1.54) is 11.1 Å². The molecule has 0 spiro atoms. The summed E-state index contributed by atoms with van der Waals surface area (Å²) in [5.41, 5.74) is 5.46. The van der Waals surface area contributed by atoms with Gasteiger partial charge in [0.1, 0.15) is 0 Å². The topological polar surface area (TPSA) is 94.8 Å². The highest BCUT2D eigenvalue weighted by molar-refractivity contribution is 5.17. The summed E-state index contributed by atoms with van der Waals surface area (Å²) < 4.78 is 1.36. The molecule has 1 fully saturated rings. The number of nitrogens with two attached hydrogens (primary N) is 2. The molecule has 1 unspecified atom stereocenters. The number of nitrogen functional groups attached to an aromatic ring is 2. The van der Waals surface area contributed by atoms with Gasteiger partial charge in [-0.25, -0.2) is 4.68 Å². The number of nitrogens with zero attached hydrogens (tertiary/aromatic N) is 3. The Hall–Kier alpha value is -1.30. The lowest BCUT2D eigenvalue weighted by Crippen LogP contribution is -2.19. The van der Waals surface area contributed by atoms with Crippen LogP contribution in [0.4, 0.5) is 5.95 Å². The van der Waals surface area contributed by atoms with Crippen molar-refractivity contribution < 1.29 is 0 Å². The van der Waals surface area contributed by atoms with Crippen molar-refractivity contribution >= 4 is 5.95 Å². The first kappa shape index (κ1) is 8.31. The van der Waals surface area contributed by atoms with E-state index in [1.807, 2.05) is 0 Å². The van der Waals surface area contributed by atoms with E-state index >= 15 is 0 Å². The predicted octanol–water partition coefficient (Wildman–Crippen LogP) is -1.27. The van der Waals surface area contributed by atoms with Crippen LogP contribution in [-0.2, 0) is 6.42 Å². The molecule has 0 amide bonds. The highest BCUT2D eigenvalue weighted by Crippen LogP contribution is 2.13. The average molecular weight is 182 g/mol. The number of rotatable bonds is 2. The van der Waals surface area contributed by atoms with E-state index < -0.39 is 0 Å². The zero-order valence-electron chi connectivity index (χ0n) is 7.40. The van der Waals surface area contributed by atoms with Crippen LogP contribution in [-0.4, -0.2) is 28.0 Å². The molecule has 6 nitrogen and oxygen atoms in total. The lowest BCUT2D eigenvalue weighted by Gasteiger charge is -2.06. The maximum Gasteiger partial charge on any atom is 0.240 e. The molecule has 0 aliphatic carbocycles. The van der Waals surface area contributed by atoms with Gasteiger partial charge in [0.15, 0.2) is 5.82 Å². The van der Waals surface area contributed by atoms with Gasteiger partial charge in [-0.15, -0.1) is 10.2 Å². The second-order valence-electron chi connectivity index (χ2n) is 3.41. The van der Waals surface area contributed by atoms with E-state index in [2.05, 4.69) is 15.5 Å². The molecule has 1 saturated heterocycles. The van der Waals surface area contributed by atoms with Gasteiger partial charge in [-0.05, 0) is 25.4 Å². The van der Waals surface area contributed by atoms with E-state index in [0.29, 0.717) is 5.92 Å². The normalized spacial score (nSPS) is 22.3. The van der Waals surface area contributed by atoms with Gasteiger partial charge in [0, 0.05) is 6.42 Å². The smallest absolute Gasteiger partial charge is 0.240 e. The van der Waals surface area contributed by atoms with Crippen LogP contribution < -0.4 is 16.9 Å². The van der Waals surface area contributed by atoms with Gasteiger partial charge in [-0.2, -0.15) is 0 Å². The van der Waals surface area contributed by atoms with Crippen molar-refractivity contribution in [1.29, 1.82) is 0 Å². The van der Waals surface area contributed by atoms with E-state index in [-0.39, 0.29) is 5.95 Å². The molecule has 0 bridgehead atoms. The van der Waals surface area contributed by atoms with Crippen LogP contribution in [0, 0.1) is 5.92 Å². The number of nitrogens with one attached hydrogen (secondary N) is 1. The van der Waals surface area contributed by atoms with Crippen molar-refractivity contribution in [2.45, 2.75) is 12.8 Å². The average Bonchev–Trinajstić information content (AvgIpc) is 2.71. The fraction of sp³-hybridized carbons (Fsp3) is 0.714. The monoisotopic (exact) mass is 182 g/mol. The molecule has 1 aromatic heterocycles. The van der Waals surface area contributed by atoms with Gasteiger partial charge >= 0.3 is 0 Å². The van der Waals surface area contributed by atoms with Crippen LogP contribution in [0.25, 0.3) is 0 Å². The summed E-state index contributed by atoms with van der Waals surface area (Å²) in [5, 5.41) is 10.9. The largest absolute Gasteiger partial charge is 0.366 e. The van der Waals surface area contributed by atoms with Gasteiger partial charge in [-0.1, -0.05) is 0 Å². The maximum absolute atomic E-state index is 5.63. The third-order valence-electron chi connectivity index (χ3n) is 2.43. The van der Waals surface area contributed by atoms with Crippen LogP contribution in [0.2, 0.25) is 0 Å². The van der Waals surface area contributed by atoms with Crippen molar-refractivity contribution in [3.05, 3.63) is 5.82 Å². The standard InChI is InChI=1S/C7H14N6/c8-7-12-11-6(13(7)9)3-5-1-2-10-4-5/h5,10H,1-4,9H2,(H2,8,12). The Morgan fingerprint density at radius 1 is 1.54 bits per heavy atom. The Labute approximate surface area is 76.3 Å². The lowest BCUT2D eigenvalue weighted by molar-refractivity contribution is 0.553. The van der Waals surface area contributed by atoms with Gasteiger partial charge in [0.05, 0.1) is 0 Å². The number of hydrogen-bond acceptors (Lipinski definition) is 5. The molecule has 13 heavy (non-hydrogen) atoms. The molecule has 1 aliphatic rings. The van der Waals surface area contributed by atoms with Gasteiger partial charge in [0.2, 0.25) is 5.95 Å². The molecule has 1 atom stereocenters. The SMILES string of the molecule is Nc1nnc(CC2CCNC2)n1N. The van der Waals surface area contributed by atoms with Crippen molar-refractivity contribution in [2.75, 3.05) is 24.7 Å². The highest BCUT2D eigenvalue weighted by atomic mass is 15.4. The molecule has 2 rings (SSSR count). The number of hydrogen-bond donors (Lipinski definition) is 3. The molecule has 2 heterocycles. The summed E-state index contributed by atoms with van der Waals surface area (Å²) in [6.07, 6.45) is 2.03. The lowest BCUT2D eigenvalue weighted by atomic mass is 10.1. The van der Waals surface area contributed by atoms with E-state index in [4.69, 9.17) is 11.6 Å². The van der Waals surface area contributed by atoms with E-state index in [9.17, 15) is 0 Å². The first-order valence-corrected chi connectivity index (χ1v) is 4.43. The van der Waals surface area contributed by atoms with E-state index in [0.717, 1.165) is 25.3 Å². The van der Waals surface area contributed by atoms with Crippen molar-refractivity contribution in [2.24, 2.45) is 5.92 Å². The summed E-state index contributed by atoms with van der Waals surface area (Å²) in [6.45, 7) is 2.12. The molecule has 6 heteroatoms. The molecule has 0 radical (unpaired) electrons. The van der Waals surface area contributed by atoms with E-state index in [1.54, 1.807) is 0 Å². The molecule has 1 aliphatic heterocycles. The zero-order valence-corrected chi connectivity index (χ0v) is 7.40. The maximum atomic E-state index is 5.63. The number of anilines is 1. The molecule has 72 valence electrons.